The summed E-state index contributed by atoms with van der Waals surface area (Å²) in [5.41, 5.74) is -0.386. The number of nitrogens with one attached hydrogen (secondary N) is 1. The molecule has 1 fully saturated rings. The van der Waals surface area contributed by atoms with Crippen LogP contribution in [0.25, 0.3) is 0 Å². The molecule has 0 spiro atoms. The van der Waals surface area contributed by atoms with Gasteiger partial charge in [0, 0.05) is 13.6 Å². The highest BCUT2D eigenvalue weighted by Gasteiger charge is 2.38. The number of hydrogen-bond acceptors (Lipinski definition) is 3. The van der Waals surface area contributed by atoms with Crippen molar-refractivity contribution < 1.29 is 9.90 Å². The lowest BCUT2D eigenvalue weighted by Crippen LogP contribution is -2.49. The molecule has 0 saturated carbocycles. The number of β-amino-alcohol motifs (C(OH)–C–C–N with tert-alkyl or cyclic N) is 1. The van der Waals surface area contributed by atoms with Crippen molar-refractivity contribution in [1.82, 2.24) is 10.2 Å². The van der Waals surface area contributed by atoms with Crippen molar-refractivity contribution in [2.75, 3.05) is 26.7 Å². The van der Waals surface area contributed by atoms with Crippen LogP contribution in [0.3, 0.4) is 0 Å². The van der Waals surface area contributed by atoms with E-state index in [1.807, 2.05) is 44.2 Å². The van der Waals surface area contributed by atoms with Crippen molar-refractivity contribution in [1.29, 1.82) is 0 Å². The maximum Gasteiger partial charge on any atom is 0.232 e. The van der Waals surface area contributed by atoms with Crippen LogP contribution >= 0.6 is 0 Å². The first-order valence-corrected chi connectivity index (χ1v) is 7.09. The summed E-state index contributed by atoms with van der Waals surface area (Å²) in [7, 11) is 1.77. The predicted octanol–water partition coefficient (Wildman–Crippen LogP) is 1.15. The molecule has 4 heteroatoms. The maximum atomic E-state index is 12.7. The molecule has 0 bridgehead atoms. The lowest BCUT2D eigenvalue weighted by atomic mass is 9.83. The average Bonchev–Trinajstić information content (AvgIpc) is 2.85. The molecule has 1 aliphatic rings. The second-order valence-corrected chi connectivity index (χ2v) is 6.30. The molecule has 1 unspecified atom stereocenters. The van der Waals surface area contributed by atoms with Crippen LogP contribution in [0, 0.1) is 0 Å². The lowest BCUT2D eigenvalue weighted by Gasteiger charge is -2.34. The SMILES string of the molecule is CN(CC1(O)CCNC1)C(=O)C(C)(C)c1ccccc1. The minimum absolute atomic E-state index is 0.0315. The number of carbonyl (C=O) groups excluding carboxylic acids is 1. The normalized spacial score (nSPS) is 22.8. The van der Waals surface area contributed by atoms with Crippen LogP contribution < -0.4 is 5.32 Å². The number of rotatable bonds is 4. The zero-order chi connectivity index (χ0) is 14.8. The van der Waals surface area contributed by atoms with E-state index in [9.17, 15) is 9.90 Å². The molecule has 2 N–H and O–H groups in total. The van der Waals surface area contributed by atoms with Crippen molar-refractivity contribution in [3.8, 4) is 0 Å². The topological polar surface area (TPSA) is 52.6 Å². The summed E-state index contributed by atoms with van der Waals surface area (Å²) in [5.74, 6) is 0.0315. The van der Waals surface area contributed by atoms with Crippen LogP contribution in [0.15, 0.2) is 30.3 Å². The van der Waals surface area contributed by atoms with E-state index in [1.165, 1.54) is 0 Å². The second-order valence-electron chi connectivity index (χ2n) is 6.30. The molecule has 1 aliphatic heterocycles. The molecule has 1 aromatic rings. The highest BCUT2D eigenvalue weighted by molar-refractivity contribution is 5.87. The van der Waals surface area contributed by atoms with Gasteiger partial charge in [-0.25, -0.2) is 0 Å². The van der Waals surface area contributed by atoms with Gasteiger partial charge in [-0.05, 0) is 32.4 Å². The molecular formula is C16H24N2O2. The van der Waals surface area contributed by atoms with Crippen LogP contribution in [0.1, 0.15) is 25.8 Å². The van der Waals surface area contributed by atoms with Crippen molar-refractivity contribution in [2.24, 2.45) is 0 Å². The van der Waals surface area contributed by atoms with Gasteiger partial charge in [0.25, 0.3) is 0 Å². The Morgan fingerprint density at radius 3 is 2.60 bits per heavy atom. The molecule has 4 nitrogen and oxygen atoms in total. The average molecular weight is 276 g/mol. The van der Waals surface area contributed by atoms with Gasteiger partial charge in [0.05, 0.1) is 17.6 Å². The fraction of sp³-hybridized carbons (Fsp3) is 0.562. The Morgan fingerprint density at radius 1 is 1.40 bits per heavy atom. The Morgan fingerprint density at radius 2 is 2.05 bits per heavy atom. The first-order chi connectivity index (χ1) is 9.35. The van der Waals surface area contributed by atoms with E-state index in [2.05, 4.69) is 5.32 Å². The molecule has 1 heterocycles. The quantitative estimate of drug-likeness (QED) is 0.867. The molecule has 1 amide bonds. The number of nitrogens with zero attached hydrogens (tertiary/aromatic N) is 1. The number of hydrogen-bond donors (Lipinski definition) is 2. The van der Waals surface area contributed by atoms with E-state index >= 15 is 0 Å². The number of likely N-dealkylation sites (N-methyl/N-ethyl adjacent to an activating group) is 1. The summed E-state index contributed by atoms with van der Waals surface area (Å²) >= 11 is 0. The third-order valence-electron chi connectivity index (χ3n) is 4.13. The standard InChI is InChI=1S/C16H24N2O2/c1-15(2,13-7-5-4-6-8-13)14(19)18(3)12-16(20)9-10-17-11-16/h4-8,17,20H,9-12H2,1-3H3. The van der Waals surface area contributed by atoms with E-state index in [1.54, 1.807) is 11.9 Å². The molecule has 1 aromatic carbocycles. The maximum absolute atomic E-state index is 12.7. The smallest absolute Gasteiger partial charge is 0.232 e. The van der Waals surface area contributed by atoms with E-state index < -0.39 is 11.0 Å². The third-order valence-corrected chi connectivity index (χ3v) is 4.13. The van der Waals surface area contributed by atoms with E-state index in [0.29, 0.717) is 19.5 Å². The van der Waals surface area contributed by atoms with Crippen molar-refractivity contribution >= 4 is 5.91 Å². The zero-order valence-corrected chi connectivity index (χ0v) is 12.5. The van der Waals surface area contributed by atoms with Crippen molar-refractivity contribution in [3.05, 3.63) is 35.9 Å². The van der Waals surface area contributed by atoms with Gasteiger partial charge in [-0.15, -0.1) is 0 Å². The van der Waals surface area contributed by atoms with Crippen molar-refractivity contribution in [2.45, 2.75) is 31.3 Å². The molecule has 2 rings (SSSR count). The summed E-state index contributed by atoms with van der Waals surface area (Å²) < 4.78 is 0. The van der Waals surface area contributed by atoms with Gasteiger partial charge in [0.15, 0.2) is 0 Å². The fourth-order valence-electron chi connectivity index (χ4n) is 2.83. The van der Waals surface area contributed by atoms with Gasteiger partial charge in [-0.1, -0.05) is 30.3 Å². The number of benzene rings is 1. The Kier molecular flexibility index (Phi) is 4.16. The Bertz CT molecular complexity index is 465. The van der Waals surface area contributed by atoms with Crippen LogP contribution in [0.5, 0.6) is 0 Å². The zero-order valence-electron chi connectivity index (χ0n) is 12.5. The lowest BCUT2D eigenvalue weighted by molar-refractivity contribution is -0.137. The third kappa shape index (κ3) is 3.02. The van der Waals surface area contributed by atoms with Gasteiger partial charge in [0.2, 0.25) is 5.91 Å². The molecule has 0 radical (unpaired) electrons. The van der Waals surface area contributed by atoms with Crippen LogP contribution in [-0.2, 0) is 10.2 Å². The molecule has 1 saturated heterocycles. The second kappa shape index (κ2) is 5.54. The Labute approximate surface area is 120 Å². The molecular weight excluding hydrogens is 252 g/mol. The Hall–Kier alpha value is -1.39. The molecule has 0 aromatic heterocycles. The summed E-state index contributed by atoms with van der Waals surface area (Å²) in [6, 6.07) is 9.77. The molecule has 20 heavy (non-hydrogen) atoms. The van der Waals surface area contributed by atoms with E-state index in [4.69, 9.17) is 0 Å². The van der Waals surface area contributed by atoms with Gasteiger partial charge >= 0.3 is 0 Å². The highest BCUT2D eigenvalue weighted by atomic mass is 16.3. The monoisotopic (exact) mass is 276 g/mol. The molecule has 0 aliphatic carbocycles. The summed E-state index contributed by atoms with van der Waals surface area (Å²) in [5, 5.41) is 13.5. The van der Waals surface area contributed by atoms with Crippen LogP contribution in [0.2, 0.25) is 0 Å². The van der Waals surface area contributed by atoms with Gasteiger partial charge in [0.1, 0.15) is 0 Å². The minimum Gasteiger partial charge on any atom is -0.387 e. The molecule has 1 atom stereocenters. The number of carbonyl (C=O) groups is 1. The predicted molar refractivity (Wildman–Crippen MR) is 79.5 cm³/mol. The van der Waals surface area contributed by atoms with Gasteiger partial charge < -0.3 is 15.3 Å². The van der Waals surface area contributed by atoms with Crippen LogP contribution in [-0.4, -0.2) is 48.2 Å². The largest absolute Gasteiger partial charge is 0.387 e. The summed E-state index contributed by atoms with van der Waals surface area (Å²) in [6.07, 6.45) is 0.691. The molecule has 110 valence electrons. The van der Waals surface area contributed by atoms with Gasteiger partial charge in [-0.2, -0.15) is 0 Å². The summed E-state index contributed by atoms with van der Waals surface area (Å²) in [6.45, 7) is 5.59. The van der Waals surface area contributed by atoms with Crippen molar-refractivity contribution in [3.63, 3.8) is 0 Å². The van der Waals surface area contributed by atoms with Crippen LogP contribution in [0.4, 0.5) is 0 Å². The Balaban J connectivity index is 2.10. The highest BCUT2D eigenvalue weighted by Crippen LogP contribution is 2.26. The van der Waals surface area contributed by atoms with Gasteiger partial charge in [-0.3, -0.25) is 4.79 Å². The number of aliphatic hydroxyl groups is 1. The summed E-state index contributed by atoms with van der Waals surface area (Å²) in [4.78, 5) is 14.3. The van der Waals surface area contributed by atoms with E-state index in [-0.39, 0.29) is 5.91 Å². The first kappa shape index (κ1) is 15.0. The first-order valence-electron chi connectivity index (χ1n) is 7.09. The fourth-order valence-corrected chi connectivity index (χ4v) is 2.83. The van der Waals surface area contributed by atoms with E-state index in [0.717, 1.165) is 12.1 Å². The number of amides is 1. The minimum atomic E-state index is -0.794.